The highest BCUT2D eigenvalue weighted by Gasteiger charge is 2.19. The Kier molecular flexibility index (Phi) is 5.55. The van der Waals surface area contributed by atoms with Crippen LogP contribution in [0.15, 0.2) is 85.2 Å². The molecule has 0 atom stereocenters. The maximum atomic E-state index is 12.9. The second-order valence-electron chi connectivity index (χ2n) is 7.85. The Morgan fingerprint density at radius 1 is 1.03 bits per heavy atom. The van der Waals surface area contributed by atoms with Crippen LogP contribution in [-0.4, -0.2) is 25.7 Å². The normalized spacial score (nSPS) is 10.7. The highest BCUT2D eigenvalue weighted by Crippen LogP contribution is 2.35. The molecular weight excluding hydrogens is 424 g/mol. The topological polar surface area (TPSA) is 96.5 Å². The van der Waals surface area contributed by atoms with Crippen molar-refractivity contribution in [2.24, 2.45) is 0 Å². The Hall–Kier alpha value is -4.83. The van der Waals surface area contributed by atoms with Gasteiger partial charge >= 0.3 is 0 Å². The third-order valence-corrected chi connectivity index (χ3v) is 5.48. The molecule has 1 amide bonds. The molecule has 7 heteroatoms. The van der Waals surface area contributed by atoms with Gasteiger partial charge in [-0.2, -0.15) is 10.4 Å². The van der Waals surface area contributed by atoms with Crippen molar-refractivity contribution in [3.05, 3.63) is 96.4 Å². The van der Waals surface area contributed by atoms with Crippen molar-refractivity contribution in [1.82, 2.24) is 19.7 Å². The first kappa shape index (κ1) is 21.0. The van der Waals surface area contributed by atoms with Crippen LogP contribution in [-0.2, 0) is 11.3 Å². The molecular formula is C27H20N6O. The molecule has 7 nitrogen and oxygen atoms in total. The number of benzene rings is 2. The van der Waals surface area contributed by atoms with E-state index in [9.17, 15) is 4.79 Å². The van der Waals surface area contributed by atoms with E-state index in [0.717, 1.165) is 39.1 Å². The van der Waals surface area contributed by atoms with Crippen LogP contribution in [0, 0.1) is 18.3 Å². The maximum absolute atomic E-state index is 12.9. The van der Waals surface area contributed by atoms with Gasteiger partial charge in [0.25, 0.3) is 0 Å². The number of nitrogens with one attached hydrogen (secondary N) is 1. The summed E-state index contributed by atoms with van der Waals surface area (Å²) >= 11 is 0. The second kappa shape index (κ2) is 8.96. The summed E-state index contributed by atoms with van der Waals surface area (Å²) in [6.45, 7) is 1.92. The first-order valence-electron chi connectivity index (χ1n) is 10.8. The fourth-order valence-corrected chi connectivity index (χ4v) is 3.98. The third-order valence-electron chi connectivity index (χ3n) is 5.48. The number of hydrogen-bond donors (Lipinski definition) is 1. The van der Waals surface area contributed by atoms with Crippen molar-refractivity contribution in [3.8, 4) is 28.6 Å². The fourth-order valence-electron chi connectivity index (χ4n) is 3.98. The highest BCUT2D eigenvalue weighted by atomic mass is 16.2. The monoisotopic (exact) mass is 444 g/mol. The van der Waals surface area contributed by atoms with Crippen molar-refractivity contribution in [1.29, 1.82) is 5.26 Å². The highest BCUT2D eigenvalue weighted by molar-refractivity contribution is 5.98. The summed E-state index contributed by atoms with van der Waals surface area (Å²) in [5.74, 6) is -0.252. The van der Waals surface area contributed by atoms with Crippen molar-refractivity contribution in [2.75, 3.05) is 5.32 Å². The standard InChI is InChI=1S/C27H20N6O/c1-18-6-4-11-25(31-18)27-23(21-12-13-29-24-10-3-2-9-22(21)24)16-30-33(27)17-26(34)32-20-8-5-7-19(14-20)15-28/h2-14,16H,17H2,1H3,(H,32,34). The van der Waals surface area contributed by atoms with Gasteiger partial charge in [-0.05, 0) is 55.0 Å². The van der Waals surface area contributed by atoms with E-state index in [1.165, 1.54) is 0 Å². The van der Waals surface area contributed by atoms with E-state index in [1.807, 2.05) is 55.5 Å². The molecule has 0 aliphatic heterocycles. The number of fused-ring (bicyclic) bond motifs is 1. The van der Waals surface area contributed by atoms with Crippen LogP contribution < -0.4 is 5.32 Å². The summed E-state index contributed by atoms with van der Waals surface area (Å²) in [5, 5.41) is 17.5. The van der Waals surface area contributed by atoms with Gasteiger partial charge in [0.15, 0.2) is 0 Å². The fraction of sp³-hybridized carbons (Fsp3) is 0.0741. The van der Waals surface area contributed by atoms with Gasteiger partial charge in [-0.25, -0.2) is 0 Å². The van der Waals surface area contributed by atoms with Gasteiger partial charge in [0, 0.05) is 28.5 Å². The number of amides is 1. The lowest BCUT2D eigenvalue weighted by Gasteiger charge is -2.12. The van der Waals surface area contributed by atoms with Crippen LogP contribution in [0.5, 0.6) is 0 Å². The number of hydrogen-bond acceptors (Lipinski definition) is 5. The number of aromatic nitrogens is 4. The van der Waals surface area contributed by atoms with Crippen molar-refractivity contribution >= 4 is 22.5 Å². The number of nitrogens with zero attached hydrogens (tertiary/aromatic N) is 5. The van der Waals surface area contributed by atoms with Crippen LogP contribution in [0.1, 0.15) is 11.3 Å². The SMILES string of the molecule is Cc1cccc(-c2c(-c3ccnc4ccccc34)cnn2CC(=O)Nc2cccc(C#N)c2)n1. The molecule has 0 saturated heterocycles. The summed E-state index contributed by atoms with van der Waals surface area (Å²) in [4.78, 5) is 22.1. The lowest BCUT2D eigenvalue weighted by molar-refractivity contribution is -0.116. The summed E-state index contributed by atoms with van der Waals surface area (Å²) < 4.78 is 1.66. The summed E-state index contributed by atoms with van der Waals surface area (Å²) in [5.41, 5.74) is 6.11. The minimum atomic E-state index is -0.252. The van der Waals surface area contributed by atoms with Gasteiger partial charge in [0.05, 0.1) is 34.7 Å². The Morgan fingerprint density at radius 2 is 1.88 bits per heavy atom. The minimum Gasteiger partial charge on any atom is -0.324 e. The van der Waals surface area contributed by atoms with E-state index in [0.29, 0.717) is 11.3 Å². The molecule has 5 aromatic rings. The first-order valence-corrected chi connectivity index (χ1v) is 10.8. The first-order chi connectivity index (χ1) is 16.6. The maximum Gasteiger partial charge on any atom is 0.246 e. The number of carbonyl (C=O) groups excluding carboxylic acids is 1. The van der Waals surface area contributed by atoms with Crippen LogP contribution in [0.25, 0.3) is 33.4 Å². The van der Waals surface area contributed by atoms with Crippen molar-refractivity contribution in [3.63, 3.8) is 0 Å². The Labute approximate surface area is 196 Å². The molecule has 5 rings (SSSR count). The molecule has 0 spiro atoms. The second-order valence-corrected chi connectivity index (χ2v) is 7.85. The van der Waals surface area contributed by atoms with Crippen LogP contribution in [0.3, 0.4) is 0 Å². The molecule has 0 saturated carbocycles. The third kappa shape index (κ3) is 4.12. The zero-order valence-electron chi connectivity index (χ0n) is 18.4. The number of pyridine rings is 2. The molecule has 1 N–H and O–H groups in total. The Bertz CT molecular complexity index is 1560. The van der Waals surface area contributed by atoms with Crippen molar-refractivity contribution in [2.45, 2.75) is 13.5 Å². The van der Waals surface area contributed by atoms with Gasteiger partial charge in [0.2, 0.25) is 5.91 Å². The molecule has 3 heterocycles. The van der Waals surface area contributed by atoms with Crippen LogP contribution in [0.4, 0.5) is 5.69 Å². The van der Waals surface area contributed by atoms with Gasteiger partial charge in [-0.15, -0.1) is 0 Å². The van der Waals surface area contributed by atoms with E-state index in [-0.39, 0.29) is 12.5 Å². The zero-order chi connectivity index (χ0) is 23.5. The zero-order valence-corrected chi connectivity index (χ0v) is 18.4. The quantitative estimate of drug-likeness (QED) is 0.412. The lowest BCUT2D eigenvalue weighted by atomic mass is 10.0. The van der Waals surface area contributed by atoms with Gasteiger partial charge in [-0.3, -0.25) is 19.4 Å². The molecule has 0 bridgehead atoms. The summed E-state index contributed by atoms with van der Waals surface area (Å²) in [7, 11) is 0. The number of aryl methyl sites for hydroxylation is 1. The molecule has 0 aliphatic carbocycles. The molecule has 3 aromatic heterocycles. The number of carbonyl (C=O) groups is 1. The average Bonchev–Trinajstić information content (AvgIpc) is 3.26. The Morgan fingerprint density at radius 3 is 2.74 bits per heavy atom. The summed E-state index contributed by atoms with van der Waals surface area (Å²) in [6.07, 6.45) is 3.54. The number of anilines is 1. The minimum absolute atomic E-state index is 0.00917. The predicted octanol–water partition coefficient (Wildman–Crippen LogP) is 4.98. The molecule has 0 aliphatic rings. The van der Waals surface area contributed by atoms with Gasteiger partial charge in [-0.1, -0.05) is 30.3 Å². The lowest BCUT2D eigenvalue weighted by Crippen LogP contribution is -2.20. The van der Waals surface area contributed by atoms with E-state index < -0.39 is 0 Å². The molecule has 34 heavy (non-hydrogen) atoms. The van der Waals surface area contributed by atoms with Gasteiger partial charge in [0.1, 0.15) is 6.54 Å². The number of nitriles is 1. The average molecular weight is 444 g/mol. The van der Waals surface area contributed by atoms with Crippen molar-refractivity contribution < 1.29 is 4.79 Å². The largest absolute Gasteiger partial charge is 0.324 e. The smallest absolute Gasteiger partial charge is 0.246 e. The molecule has 164 valence electrons. The van der Waals surface area contributed by atoms with Crippen LogP contribution in [0.2, 0.25) is 0 Å². The number of para-hydroxylation sites is 1. The van der Waals surface area contributed by atoms with E-state index in [4.69, 9.17) is 10.2 Å². The van der Waals surface area contributed by atoms with E-state index in [2.05, 4.69) is 21.5 Å². The molecule has 0 unspecified atom stereocenters. The van der Waals surface area contributed by atoms with Gasteiger partial charge < -0.3 is 5.32 Å². The Balaban J connectivity index is 1.57. The number of rotatable bonds is 5. The predicted molar refractivity (Wildman–Crippen MR) is 131 cm³/mol. The van der Waals surface area contributed by atoms with E-state index in [1.54, 1.807) is 41.3 Å². The molecule has 0 fully saturated rings. The molecule has 0 radical (unpaired) electrons. The van der Waals surface area contributed by atoms with Crippen LogP contribution >= 0.6 is 0 Å². The van der Waals surface area contributed by atoms with E-state index >= 15 is 0 Å². The summed E-state index contributed by atoms with van der Waals surface area (Å²) in [6, 6.07) is 24.6. The molecule has 2 aromatic carbocycles.